The summed E-state index contributed by atoms with van der Waals surface area (Å²) >= 11 is 0. The molecule has 0 bridgehead atoms. The van der Waals surface area contributed by atoms with Gasteiger partial charge in [0.2, 0.25) is 17.7 Å². The van der Waals surface area contributed by atoms with Crippen molar-refractivity contribution in [2.24, 2.45) is 17.2 Å². The van der Waals surface area contributed by atoms with Gasteiger partial charge in [0.1, 0.15) is 85.7 Å². The second-order valence-electron chi connectivity index (χ2n) is 22.5. The zero-order chi connectivity index (χ0) is 67.3. The molecule has 95 heavy (non-hydrogen) atoms. The highest BCUT2D eigenvalue weighted by molar-refractivity contribution is 6.05. The molecule has 2 atom stereocenters. The number of para-hydroxylation sites is 3. The first-order chi connectivity index (χ1) is 45.9. The van der Waals surface area contributed by atoms with Crippen molar-refractivity contribution in [1.82, 2.24) is 44.0 Å². The van der Waals surface area contributed by atoms with Gasteiger partial charge < -0.3 is 63.3 Å². The van der Waals surface area contributed by atoms with E-state index in [4.69, 9.17) is 48.6 Å². The van der Waals surface area contributed by atoms with E-state index in [0.29, 0.717) is 110 Å². The van der Waals surface area contributed by atoms with Crippen LogP contribution < -0.4 is 48.6 Å². The van der Waals surface area contributed by atoms with E-state index in [1.54, 1.807) is 65.1 Å². The number of carbonyl (C=O) groups excluding carboxylic acids is 6. The van der Waals surface area contributed by atoms with Gasteiger partial charge in [0.05, 0.1) is 18.1 Å². The van der Waals surface area contributed by atoms with Gasteiger partial charge in [-0.15, -0.1) is 0 Å². The molecular weight excluding hydrogens is 1210 g/mol. The lowest BCUT2D eigenvalue weighted by molar-refractivity contribution is -0.128. The summed E-state index contributed by atoms with van der Waals surface area (Å²) in [6.45, 7) is 13.9. The number of nitrogens with zero attached hydrogens (tertiary/aromatic N) is 9. The fourth-order valence-electron chi connectivity index (χ4n) is 11.6. The highest BCUT2D eigenvalue weighted by Gasteiger charge is 2.34. The lowest BCUT2D eigenvalue weighted by Crippen LogP contribution is -2.40. The van der Waals surface area contributed by atoms with Gasteiger partial charge in [0, 0.05) is 56.0 Å². The Morgan fingerprint density at radius 1 is 0.368 bits per heavy atom. The van der Waals surface area contributed by atoms with Crippen molar-refractivity contribution in [3.05, 3.63) is 218 Å². The molecule has 6 amide bonds. The van der Waals surface area contributed by atoms with Gasteiger partial charge >= 0.3 is 0 Å². The van der Waals surface area contributed by atoms with Crippen LogP contribution in [0.4, 0.5) is 17.5 Å². The van der Waals surface area contributed by atoms with E-state index in [0.717, 1.165) is 30.1 Å². The summed E-state index contributed by atoms with van der Waals surface area (Å²) in [6.07, 6.45) is 7.51. The third-order valence-corrected chi connectivity index (χ3v) is 16.4. The summed E-state index contributed by atoms with van der Waals surface area (Å²) in [6, 6.07) is 49.7. The molecule has 3 aromatic heterocycles. The number of nitrogens with two attached hydrogens (primary N) is 6. The van der Waals surface area contributed by atoms with Crippen molar-refractivity contribution in [2.45, 2.75) is 50.2 Å². The summed E-state index contributed by atoms with van der Waals surface area (Å²) in [4.78, 5) is 77.5. The van der Waals surface area contributed by atoms with Crippen molar-refractivity contribution < 1.29 is 43.0 Å². The average Bonchev–Trinajstić information content (AvgIpc) is 1.65. The number of ether oxygens (including phenoxy) is 3. The predicted molar refractivity (Wildman–Crippen MR) is 362 cm³/mol. The van der Waals surface area contributed by atoms with E-state index < -0.39 is 17.7 Å². The predicted octanol–water partition coefficient (Wildman–Crippen LogP) is 9.73. The van der Waals surface area contributed by atoms with Crippen LogP contribution in [0.1, 0.15) is 81.3 Å². The first-order valence-corrected chi connectivity index (χ1v) is 30.7. The number of primary amides is 3. The minimum absolute atomic E-state index is 0.0311. The minimum atomic E-state index is -0.652. The number of benzene rings is 6. The second-order valence-corrected chi connectivity index (χ2v) is 22.5. The molecule has 6 heterocycles. The van der Waals surface area contributed by atoms with Gasteiger partial charge in [-0.05, 0) is 160 Å². The first kappa shape index (κ1) is 65.7. The van der Waals surface area contributed by atoms with Crippen LogP contribution in [0.2, 0.25) is 0 Å². The van der Waals surface area contributed by atoms with Crippen LogP contribution in [0.15, 0.2) is 202 Å². The number of carbonyl (C=O) groups is 6. The molecule has 12 N–H and O–H groups in total. The normalized spacial score (nSPS) is 15.2. The van der Waals surface area contributed by atoms with E-state index in [-0.39, 0.29) is 70.0 Å². The highest BCUT2D eigenvalue weighted by atomic mass is 16.5. The molecule has 3 aliphatic heterocycles. The molecule has 0 spiro atoms. The zero-order valence-electron chi connectivity index (χ0n) is 52.1. The van der Waals surface area contributed by atoms with E-state index in [1.165, 1.54) is 18.2 Å². The van der Waals surface area contributed by atoms with Crippen molar-refractivity contribution in [3.8, 4) is 68.3 Å². The van der Waals surface area contributed by atoms with Gasteiger partial charge in [0.25, 0.3) is 17.7 Å². The van der Waals surface area contributed by atoms with Gasteiger partial charge in [-0.2, -0.15) is 15.3 Å². The lowest BCUT2D eigenvalue weighted by atomic mass is 10.0. The second kappa shape index (κ2) is 29.8. The molecule has 3 saturated heterocycles. The average molecular weight is 1280 g/mol. The number of nitrogen functional groups attached to an aromatic ring is 3. The molecule has 24 heteroatoms. The quantitative estimate of drug-likeness (QED) is 0.0435. The SMILES string of the molecule is C=CC(=O)N1CCC(n2nc(-c3ccc(Oc4ccccc4)cc3)c(C(N)=O)c2N)C1.C=CC(=O)N1CCC(n2nc(-c3ccc(Oc4ccccc4)cc3)c(C(N)=O)c2N)CC1.C=CC(=O)N1CCC[C@H](n2nc(-c3ccc(Oc4ccccc4)cc3)c(C(N)=O)c2N)C1. The number of aromatic nitrogens is 6. The van der Waals surface area contributed by atoms with Crippen LogP contribution in [-0.2, 0) is 14.4 Å². The van der Waals surface area contributed by atoms with Crippen LogP contribution >= 0.6 is 0 Å². The maximum atomic E-state index is 12.2. The summed E-state index contributed by atoms with van der Waals surface area (Å²) in [5.41, 5.74) is 39.7. The summed E-state index contributed by atoms with van der Waals surface area (Å²) in [7, 11) is 0. The largest absolute Gasteiger partial charge is 0.457 e. The molecule has 0 radical (unpaired) electrons. The van der Waals surface area contributed by atoms with Crippen LogP contribution in [0.5, 0.6) is 34.5 Å². The Bertz CT molecular complexity index is 4260. The van der Waals surface area contributed by atoms with Gasteiger partial charge in [-0.3, -0.25) is 28.8 Å². The topological polar surface area (TPSA) is 349 Å². The summed E-state index contributed by atoms with van der Waals surface area (Å²) < 4.78 is 22.4. The Hall–Kier alpha value is -12.2. The standard InChI is InChI=1S/2C24H25N5O3.C23H23N5O3/c1-2-20(30)28-14-6-7-17(15-28)29-23(25)21(24(26)31)22(27-29)16-10-12-19(13-11-16)32-18-8-4-3-5-9-18;1-2-20(30)28-14-12-17(13-15-28)29-23(25)21(24(26)31)22(27-29)16-8-10-19(11-9-16)32-18-6-4-3-5-7-18;1-2-19(29)27-13-12-16(14-27)28-22(24)20(23(25)30)21(26-28)15-8-10-18(11-9-15)31-17-6-4-3-5-7-17/h2-5,8-13,17H,1,6-7,14-15,25H2,(H2,26,31);2-11,17H,1,12-15,25H2,(H2,26,31);2-11,16H,1,12-14,24H2,(H2,25,30)/t17-;;/m0../s1. The molecular formula is C71H73N15O9. The monoisotopic (exact) mass is 1280 g/mol. The molecule has 3 fully saturated rings. The fourth-order valence-corrected chi connectivity index (χ4v) is 11.6. The molecule has 0 saturated carbocycles. The van der Waals surface area contributed by atoms with Crippen LogP contribution in [-0.4, -0.2) is 119 Å². The van der Waals surface area contributed by atoms with Gasteiger partial charge in [0.15, 0.2) is 0 Å². The van der Waals surface area contributed by atoms with Gasteiger partial charge in [-0.25, -0.2) is 14.0 Å². The minimum Gasteiger partial charge on any atom is -0.457 e. The van der Waals surface area contributed by atoms with Crippen molar-refractivity contribution in [1.29, 1.82) is 0 Å². The maximum Gasteiger partial charge on any atom is 0.254 e. The summed E-state index contributed by atoms with van der Waals surface area (Å²) in [5.74, 6) is 2.48. The van der Waals surface area contributed by atoms with Crippen molar-refractivity contribution in [3.63, 3.8) is 0 Å². The van der Waals surface area contributed by atoms with Crippen molar-refractivity contribution in [2.75, 3.05) is 56.5 Å². The van der Waals surface area contributed by atoms with Crippen LogP contribution in [0.3, 0.4) is 0 Å². The number of anilines is 3. The summed E-state index contributed by atoms with van der Waals surface area (Å²) in [5, 5.41) is 13.9. The maximum absolute atomic E-state index is 12.2. The molecule has 12 rings (SSSR count). The third kappa shape index (κ3) is 15.2. The smallest absolute Gasteiger partial charge is 0.254 e. The Morgan fingerprint density at radius 3 is 0.968 bits per heavy atom. The molecule has 3 aliphatic rings. The van der Waals surface area contributed by atoms with E-state index >= 15 is 0 Å². The van der Waals surface area contributed by atoms with E-state index in [2.05, 4.69) is 35.0 Å². The number of rotatable bonds is 18. The Labute approximate surface area is 548 Å². The van der Waals surface area contributed by atoms with Crippen LogP contribution in [0.25, 0.3) is 33.8 Å². The lowest BCUT2D eigenvalue weighted by Gasteiger charge is -2.32. The molecule has 0 aliphatic carbocycles. The Morgan fingerprint density at radius 2 is 0.642 bits per heavy atom. The third-order valence-electron chi connectivity index (χ3n) is 16.4. The number of piperidine rings is 2. The molecule has 6 aromatic carbocycles. The molecule has 9 aromatic rings. The number of likely N-dealkylation sites (tertiary alicyclic amines) is 3. The zero-order valence-corrected chi connectivity index (χ0v) is 52.1. The number of hydrogen-bond acceptors (Lipinski definition) is 15. The van der Waals surface area contributed by atoms with Crippen LogP contribution in [0, 0.1) is 0 Å². The van der Waals surface area contributed by atoms with Gasteiger partial charge in [-0.1, -0.05) is 74.3 Å². The highest BCUT2D eigenvalue weighted by Crippen LogP contribution is 2.38. The molecule has 486 valence electrons. The number of hydrogen-bond donors (Lipinski definition) is 6. The van der Waals surface area contributed by atoms with E-state index in [9.17, 15) is 28.8 Å². The first-order valence-electron chi connectivity index (χ1n) is 30.7. The Balaban J connectivity index is 0.000000155. The molecule has 24 nitrogen and oxygen atoms in total. The Kier molecular flexibility index (Phi) is 20.6. The fraction of sp³-hybridized carbons (Fsp3) is 0.197. The van der Waals surface area contributed by atoms with E-state index in [1.807, 2.05) is 127 Å². The number of amides is 6. The molecule has 1 unspecified atom stereocenters. The van der Waals surface area contributed by atoms with Crippen molar-refractivity contribution >= 4 is 52.9 Å².